The van der Waals surface area contributed by atoms with Crippen molar-refractivity contribution in [3.63, 3.8) is 0 Å². The summed E-state index contributed by atoms with van der Waals surface area (Å²) in [7, 11) is 4.10. The third-order valence-electron chi connectivity index (χ3n) is 5.35. The molecule has 1 aromatic heterocycles. The quantitative estimate of drug-likeness (QED) is 0.385. The minimum Gasteiger partial charge on any atom is -0.459 e. The van der Waals surface area contributed by atoms with Crippen LogP contribution < -0.4 is 10.6 Å². The lowest BCUT2D eigenvalue weighted by Gasteiger charge is -2.13. The van der Waals surface area contributed by atoms with Crippen molar-refractivity contribution in [1.29, 1.82) is 0 Å². The third-order valence-corrected chi connectivity index (χ3v) is 5.35. The Kier molecular flexibility index (Phi) is 7.20. The highest BCUT2D eigenvalue weighted by atomic mass is 16.3. The number of nitrogens with one attached hydrogen (secondary N) is 2. The molecule has 0 aliphatic heterocycles. The lowest BCUT2D eigenvalue weighted by atomic mass is 9.98. The SMILES string of the molecule is CN(C)Cc1ccc(-c2ccccc2CNC(=O)c2cccc(NC(=O)c3ccco3)c2)cc1. The predicted octanol–water partition coefficient (Wildman–Crippen LogP) is 5.19. The molecule has 0 spiro atoms. The highest BCUT2D eigenvalue weighted by Crippen LogP contribution is 2.24. The summed E-state index contributed by atoms with van der Waals surface area (Å²) in [5, 5.41) is 5.74. The van der Waals surface area contributed by atoms with Crippen LogP contribution in [-0.4, -0.2) is 30.8 Å². The first-order chi connectivity index (χ1) is 16.5. The summed E-state index contributed by atoms with van der Waals surface area (Å²) in [6.07, 6.45) is 1.44. The molecule has 0 unspecified atom stereocenters. The van der Waals surface area contributed by atoms with Crippen LogP contribution in [0, 0.1) is 0 Å². The molecule has 0 aliphatic rings. The van der Waals surface area contributed by atoms with Crippen LogP contribution in [0.25, 0.3) is 11.1 Å². The smallest absolute Gasteiger partial charge is 0.291 e. The fourth-order valence-electron chi connectivity index (χ4n) is 3.73. The molecule has 1 heterocycles. The van der Waals surface area contributed by atoms with Crippen molar-refractivity contribution in [2.75, 3.05) is 19.4 Å². The number of nitrogens with zero attached hydrogens (tertiary/aromatic N) is 1. The molecular weight excluding hydrogens is 426 g/mol. The summed E-state index contributed by atoms with van der Waals surface area (Å²) in [6, 6.07) is 26.6. The standard InChI is InChI=1S/C28H27N3O3/c1-31(2)19-20-12-14-21(15-13-20)25-10-4-3-7-23(25)18-29-27(32)22-8-5-9-24(17-22)30-28(33)26-11-6-16-34-26/h3-17H,18-19H2,1-2H3,(H,29,32)(H,30,33). The number of rotatable bonds is 8. The number of benzene rings is 3. The summed E-state index contributed by atoms with van der Waals surface area (Å²) >= 11 is 0. The van der Waals surface area contributed by atoms with Gasteiger partial charge in [0.1, 0.15) is 0 Å². The van der Waals surface area contributed by atoms with Gasteiger partial charge in [0, 0.05) is 24.3 Å². The highest BCUT2D eigenvalue weighted by molar-refractivity contribution is 6.03. The number of carbonyl (C=O) groups excluding carboxylic acids is 2. The predicted molar refractivity (Wildman–Crippen MR) is 134 cm³/mol. The Morgan fingerprint density at radius 2 is 1.65 bits per heavy atom. The Bertz CT molecular complexity index is 1260. The molecule has 0 fully saturated rings. The van der Waals surface area contributed by atoms with Crippen molar-refractivity contribution in [2.24, 2.45) is 0 Å². The second-order valence-electron chi connectivity index (χ2n) is 8.29. The van der Waals surface area contributed by atoms with Crippen molar-refractivity contribution in [3.05, 3.63) is 114 Å². The topological polar surface area (TPSA) is 74.6 Å². The molecule has 4 aromatic rings. The van der Waals surface area contributed by atoms with Crippen LogP contribution in [0.2, 0.25) is 0 Å². The molecular formula is C28H27N3O3. The van der Waals surface area contributed by atoms with E-state index >= 15 is 0 Å². The normalized spacial score (nSPS) is 10.8. The molecule has 3 aromatic carbocycles. The van der Waals surface area contributed by atoms with Crippen molar-refractivity contribution in [2.45, 2.75) is 13.1 Å². The summed E-state index contributed by atoms with van der Waals surface area (Å²) in [4.78, 5) is 27.2. The first-order valence-corrected chi connectivity index (χ1v) is 11.0. The molecule has 0 aliphatic carbocycles. The molecule has 0 bridgehead atoms. The van der Waals surface area contributed by atoms with E-state index in [9.17, 15) is 9.59 Å². The van der Waals surface area contributed by atoms with E-state index < -0.39 is 0 Å². The van der Waals surface area contributed by atoms with E-state index in [1.54, 1.807) is 36.4 Å². The van der Waals surface area contributed by atoms with Gasteiger partial charge in [-0.2, -0.15) is 0 Å². The van der Waals surface area contributed by atoms with Crippen LogP contribution in [0.4, 0.5) is 5.69 Å². The molecule has 0 radical (unpaired) electrons. The van der Waals surface area contributed by atoms with Gasteiger partial charge in [0.2, 0.25) is 0 Å². The Morgan fingerprint density at radius 1 is 0.853 bits per heavy atom. The number of amides is 2. The zero-order valence-electron chi connectivity index (χ0n) is 19.2. The number of hydrogen-bond donors (Lipinski definition) is 2. The number of furan rings is 1. The van der Waals surface area contributed by atoms with Crippen LogP contribution in [0.1, 0.15) is 32.0 Å². The van der Waals surface area contributed by atoms with Crippen molar-refractivity contribution < 1.29 is 14.0 Å². The maximum absolute atomic E-state index is 12.8. The largest absolute Gasteiger partial charge is 0.459 e. The van der Waals surface area contributed by atoms with Gasteiger partial charge >= 0.3 is 0 Å². The second kappa shape index (κ2) is 10.6. The van der Waals surface area contributed by atoms with Gasteiger partial charge in [0.05, 0.1) is 6.26 Å². The third kappa shape index (κ3) is 5.79. The van der Waals surface area contributed by atoms with Gasteiger partial charge in [-0.3, -0.25) is 9.59 Å². The van der Waals surface area contributed by atoms with E-state index in [0.717, 1.165) is 23.2 Å². The van der Waals surface area contributed by atoms with Gasteiger partial charge in [-0.15, -0.1) is 0 Å². The van der Waals surface area contributed by atoms with Crippen LogP contribution in [0.5, 0.6) is 0 Å². The van der Waals surface area contributed by atoms with E-state index in [1.807, 2.05) is 18.2 Å². The average molecular weight is 454 g/mol. The van der Waals surface area contributed by atoms with Crippen molar-refractivity contribution in [1.82, 2.24) is 10.2 Å². The Morgan fingerprint density at radius 3 is 2.38 bits per heavy atom. The van der Waals surface area contributed by atoms with E-state index in [-0.39, 0.29) is 17.6 Å². The minimum atomic E-state index is -0.368. The molecule has 0 saturated heterocycles. The summed E-state index contributed by atoms with van der Waals surface area (Å²) < 4.78 is 5.11. The van der Waals surface area contributed by atoms with Gasteiger partial charge < -0.3 is 20.0 Å². The first-order valence-electron chi connectivity index (χ1n) is 11.0. The maximum atomic E-state index is 12.8. The molecule has 0 atom stereocenters. The van der Waals surface area contributed by atoms with Gasteiger partial charge in [0.15, 0.2) is 5.76 Å². The van der Waals surface area contributed by atoms with Gasteiger partial charge in [0.25, 0.3) is 11.8 Å². The molecule has 2 N–H and O–H groups in total. The fraction of sp³-hybridized carbons (Fsp3) is 0.143. The number of anilines is 1. The van der Waals surface area contributed by atoms with Crippen LogP contribution in [-0.2, 0) is 13.1 Å². The van der Waals surface area contributed by atoms with Crippen LogP contribution >= 0.6 is 0 Å². The maximum Gasteiger partial charge on any atom is 0.291 e. The van der Waals surface area contributed by atoms with Crippen molar-refractivity contribution in [3.8, 4) is 11.1 Å². The van der Waals surface area contributed by atoms with E-state index in [1.165, 1.54) is 11.8 Å². The number of hydrogen-bond acceptors (Lipinski definition) is 4. The second-order valence-corrected chi connectivity index (χ2v) is 8.29. The average Bonchev–Trinajstić information content (AvgIpc) is 3.38. The van der Waals surface area contributed by atoms with E-state index in [4.69, 9.17) is 4.42 Å². The molecule has 6 nitrogen and oxygen atoms in total. The van der Waals surface area contributed by atoms with Crippen molar-refractivity contribution >= 4 is 17.5 Å². The lowest BCUT2D eigenvalue weighted by Crippen LogP contribution is -2.23. The minimum absolute atomic E-state index is 0.209. The molecule has 2 amide bonds. The van der Waals surface area contributed by atoms with Gasteiger partial charge in [-0.05, 0) is 66.7 Å². The Hall–Kier alpha value is -4.16. The van der Waals surface area contributed by atoms with Gasteiger partial charge in [-0.1, -0.05) is 54.6 Å². The van der Waals surface area contributed by atoms with E-state index in [2.05, 4.69) is 60.0 Å². The zero-order chi connectivity index (χ0) is 23.9. The summed E-state index contributed by atoms with van der Waals surface area (Å²) in [5.74, 6) is -0.375. The van der Waals surface area contributed by atoms with E-state index in [0.29, 0.717) is 17.8 Å². The monoisotopic (exact) mass is 453 g/mol. The van der Waals surface area contributed by atoms with Crippen LogP contribution in [0.3, 0.4) is 0 Å². The summed E-state index contributed by atoms with van der Waals surface area (Å²) in [5.41, 5.74) is 5.45. The Labute approximate surface area is 199 Å². The Balaban J connectivity index is 1.43. The highest BCUT2D eigenvalue weighted by Gasteiger charge is 2.12. The molecule has 172 valence electrons. The van der Waals surface area contributed by atoms with Crippen LogP contribution in [0.15, 0.2) is 95.6 Å². The zero-order valence-corrected chi connectivity index (χ0v) is 19.2. The molecule has 34 heavy (non-hydrogen) atoms. The molecule has 0 saturated carbocycles. The lowest BCUT2D eigenvalue weighted by molar-refractivity contribution is 0.0949. The molecule has 6 heteroatoms. The van der Waals surface area contributed by atoms with Gasteiger partial charge in [-0.25, -0.2) is 0 Å². The fourth-order valence-corrected chi connectivity index (χ4v) is 3.73. The number of carbonyl (C=O) groups is 2. The molecule has 4 rings (SSSR count). The first kappa shape index (κ1) is 23.0. The summed E-state index contributed by atoms with van der Waals surface area (Å²) in [6.45, 7) is 1.27.